The topological polar surface area (TPSA) is 140 Å². The smallest absolute Gasteiger partial charge is 0.267 e. The van der Waals surface area contributed by atoms with E-state index in [2.05, 4.69) is 21.3 Å². The third-order valence-corrected chi connectivity index (χ3v) is 4.72. The van der Waals surface area contributed by atoms with E-state index in [4.69, 9.17) is 0 Å². The highest BCUT2D eigenvalue weighted by Crippen LogP contribution is 2.12. The Bertz CT molecular complexity index is 598. The molecular formula is C20H39N5O5. The maximum absolute atomic E-state index is 12.7. The van der Waals surface area contributed by atoms with Crippen molar-refractivity contribution in [2.75, 3.05) is 21.1 Å². The van der Waals surface area contributed by atoms with E-state index in [1.165, 1.54) is 21.0 Å². The molecule has 174 valence electrons. The summed E-state index contributed by atoms with van der Waals surface area (Å²) in [5.41, 5.74) is -1.68. The molecule has 0 radical (unpaired) electrons. The first-order chi connectivity index (χ1) is 13.8. The summed E-state index contributed by atoms with van der Waals surface area (Å²) < 4.78 is 0. The number of rotatable bonds is 13. The molecule has 5 N–H and O–H groups in total. The molecule has 0 rings (SSSR count). The van der Waals surface area contributed by atoms with E-state index >= 15 is 0 Å². The lowest BCUT2D eigenvalue weighted by Gasteiger charge is -2.34. The maximum atomic E-state index is 12.7. The normalized spacial score (nSPS) is 16.4. The van der Waals surface area contributed by atoms with Crippen LogP contribution in [0.25, 0.3) is 0 Å². The maximum Gasteiger partial charge on any atom is 0.267 e. The van der Waals surface area contributed by atoms with Crippen LogP contribution in [0.5, 0.6) is 0 Å². The van der Waals surface area contributed by atoms with E-state index in [0.29, 0.717) is 19.1 Å². The zero-order chi connectivity index (χ0) is 23.6. The predicted octanol–water partition coefficient (Wildman–Crippen LogP) is -0.821. The Kier molecular flexibility index (Phi) is 11.8. The van der Waals surface area contributed by atoms with Crippen LogP contribution in [0, 0.1) is 11.8 Å². The van der Waals surface area contributed by atoms with Gasteiger partial charge in [-0.2, -0.15) is 0 Å². The van der Waals surface area contributed by atoms with Crippen LogP contribution in [0.15, 0.2) is 0 Å². The number of likely N-dealkylation sites (N-methyl/N-ethyl adjacent to an activating group) is 3. The van der Waals surface area contributed by atoms with Crippen molar-refractivity contribution in [2.24, 2.45) is 11.8 Å². The summed E-state index contributed by atoms with van der Waals surface area (Å²) in [6.45, 7) is 9.11. The van der Waals surface area contributed by atoms with Crippen LogP contribution >= 0.6 is 0 Å². The van der Waals surface area contributed by atoms with Gasteiger partial charge in [0.1, 0.15) is 11.7 Å². The first kappa shape index (κ1) is 28.0. The van der Waals surface area contributed by atoms with Crippen molar-refractivity contribution in [1.29, 1.82) is 0 Å². The van der Waals surface area contributed by atoms with E-state index in [9.17, 15) is 24.3 Å². The first-order valence-corrected chi connectivity index (χ1v) is 10.2. The van der Waals surface area contributed by atoms with Gasteiger partial charge in [0.05, 0.1) is 6.04 Å². The summed E-state index contributed by atoms with van der Waals surface area (Å²) in [6.07, 6.45) is -0.448. The summed E-state index contributed by atoms with van der Waals surface area (Å²) >= 11 is 0. The summed E-state index contributed by atoms with van der Waals surface area (Å²) in [5, 5.41) is 20.8. The number of aliphatic hydroxyl groups excluding tert-OH is 1. The van der Waals surface area contributed by atoms with Crippen LogP contribution in [-0.2, 0) is 19.2 Å². The number of carbonyl (C=O) groups is 4. The molecule has 0 aromatic carbocycles. The standard InChI is InChI=1S/C20H39N5O5/c1-12(2)9-14(21-6)16(27)23-20(5,11-26)24-18(29)19(30)25(8)15(10-13(3)4)17(28)22-7/h11-15,18,21,24,29H,9-10H2,1-8H3,(H,22,28)(H,23,27). The molecule has 0 aliphatic heterocycles. The Balaban J connectivity index is 5.32. The van der Waals surface area contributed by atoms with Gasteiger partial charge < -0.3 is 26.0 Å². The van der Waals surface area contributed by atoms with Crippen LogP contribution < -0.4 is 21.3 Å². The molecule has 0 aliphatic carbocycles. The molecule has 0 spiro atoms. The van der Waals surface area contributed by atoms with E-state index in [1.807, 2.05) is 27.7 Å². The second-order valence-corrected chi connectivity index (χ2v) is 8.54. The second kappa shape index (κ2) is 12.6. The fourth-order valence-corrected chi connectivity index (χ4v) is 3.02. The minimum atomic E-state index is -1.80. The van der Waals surface area contributed by atoms with Gasteiger partial charge in [-0.1, -0.05) is 27.7 Å². The number of nitrogens with zero attached hydrogens (tertiary/aromatic N) is 1. The molecule has 0 saturated carbocycles. The predicted molar refractivity (Wildman–Crippen MR) is 114 cm³/mol. The lowest BCUT2D eigenvalue weighted by molar-refractivity contribution is -0.149. The van der Waals surface area contributed by atoms with Gasteiger partial charge >= 0.3 is 0 Å². The summed E-state index contributed by atoms with van der Waals surface area (Å²) in [4.78, 5) is 50.2. The lowest BCUT2D eigenvalue weighted by Crippen LogP contribution is -2.66. The van der Waals surface area contributed by atoms with Gasteiger partial charge in [0.15, 0.2) is 12.5 Å². The first-order valence-electron chi connectivity index (χ1n) is 10.2. The highest BCUT2D eigenvalue weighted by molar-refractivity contribution is 5.89. The molecular weight excluding hydrogens is 390 g/mol. The SMILES string of the molecule is CNC(=O)C(CC(C)C)N(C)C(=O)C(O)NC(C)(C=O)NC(=O)C(CC(C)C)NC. The van der Waals surface area contributed by atoms with E-state index < -0.39 is 35.8 Å². The van der Waals surface area contributed by atoms with Crippen LogP contribution in [-0.4, -0.2) is 79.1 Å². The third-order valence-electron chi connectivity index (χ3n) is 4.72. The number of aliphatic hydroxyl groups is 1. The van der Waals surface area contributed by atoms with Crippen LogP contribution in [0.2, 0.25) is 0 Å². The van der Waals surface area contributed by atoms with E-state index in [1.54, 1.807) is 7.05 Å². The number of nitrogens with one attached hydrogen (secondary N) is 4. The highest BCUT2D eigenvalue weighted by Gasteiger charge is 2.36. The van der Waals surface area contributed by atoms with Crippen molar-refractivity contribution in [2.45, 2.75) is 71.4 Å². The van der Waals surface area contributed by atoms with Crippen molar-refractivity contribution in [3.05, 3.63) is 0 Å². The summed E-state index contributed by atoms with van der Waals surface area (Å²) in [7, 11) is 4.52. The van der Waals surface area contributed by atoms with Crippen LogP contribution in [0.1, 0.15) is 47.5 Å². The number of hydrogen-bond acceptors (Lipinski definition) is 7. The van der Waals surface area contributed by atoms with E-state index in [-0.39, 0.29) is 17.7 Å². The number of carbonyl (C=O) groups excluding carboxylic acids is 4. The molecule has 0 bridgehead atoms. The zero-order valence-electron chi connectivity index (χ0n) is 19.4. The molecule has 10 nitrogen and oxygen atoms in total. The molecule has 10 heteroatoms. The number of aldehydes is 1. The number of amides is 3. The lowest BCUT2D eigenvalue weighted by atomic mass is 10.0. The molecule has 0 fully saturated rings. The average molecular weight is 430 g/mol. The van der Waals surface area contributed by atoms with Gasteiger partial charge in [-0.25, -0.2) is 0 Å². The number of hydrogen-bond donors (Lipinski definition) is 5. The minimum absolute atomic E-state index is 0.131. The molecule has 0 saturated heterocycles. The van der Waals surface area contributed by atoms with Gasteiger partial charge in [-0.15, -0.1) is 0 Å². The van der Waals surface area contributed by atoms with Gasteiger partial charge in [0, 0.05) is 14.1 Å². The molecule has 4 atom stereocenters. The van der Waals surface area contributed by atoms with Crippen molar-refractivity contribution in [1.82, 2.24) is 26.2 Å². The molecule has 0 heterocycles. The molecule has 0 aliphatic rings. The average Bonchev–Trinajstić information content (AvgIpc) is 2.67. The van der Waals surface area contributed by atoms with Gasteiger partial charge in [-0.3, -0.25) is 24.5 Å². The van der Waals surface area contributed by atoms with Gasteiger partial charge in [0.25, 0.3) is 5.91 Å². The Morgan fingerprint density at radius 2 is 1.57 bits per heavy atom. The Labute approximate surface area is 179 Å². The summed E-state index contributed by atoms with van der Waals surface area (Å²) in [5.74, 6) is -1.22. The summed E-state index contributed by atoms with van der Waals surface area (Å²) in [6, 6.07) is -1.32. The fourth-order valence-electron chi connectivity index (χ4n) is 3.02. The monoisotopic (exact) mass is 429 g/mol. The fraction of sp³-hybridized carbons (Fsp3) is 0.800. The molecule has 0 aromatic rings. The largest absolute Gasteiger partial charge is 0.370 e. The Morgan fingerprint density at radius 3 is 1.97 bits per heavy atom. The van der Waals surface area contributed by atoms with Gasteiger partial charge in [0.2, 0.25) is 11.8 Å². The Morgan fingerprint density at radius 1 is 1.03 bits per heavy atom. The molecule has 30 heavy (non-hydrogen) atoms. The van der Waals surface area contributed by atoms with Crippen LogP contribution in [0.4, 0.5) is 0 Å². The molecule has 3 amide bonds. The van der Waals surface area contributed by atoms with Crippen LogP contribution in [0.3, 0.4) is 0 Å². The third kappa shape index (κ3) is 8.76. The minimum Gasteiger partial charge on any atom is -0.370 e. The molecule has 4 unspecified atom stereocenters. The zero-order valence-corrected chi connectivity index (χ0v) is 19.4. The quantitative estimate of drug-likeness (QED) is 0.190. The Hall–Kier alpha value is -2.04. The highest BCUT2D eigenvalue weighted by atomic mass is 16.3. The van der Waals surface area contributed by atoms with Gasteiger partial charge in [-0.05, 0) is 38.6 Å². The van der Waals surface area contributed by atoms with E-state index in [0.717, 1.165) is 4.90 Å². The van der Waals surface area contributed by atoms with Crippen molar-refractivity contribution < 1.29 is 24.3 Å². The van der Waals surface area contributed by atoms with Crippen molar-refractivity contribution in [3.8, 4) is 0 Å². The second-order valence-electron chi connectivity index (χ2n) is 8.54. The van der Waals surface area contributed by atoms with Crippen molar-refractivity contribution >= 4 is 24.0 Å². The molecule has 0 aromatic heterocycles. The van der Waals surface area contributed by atoms with Crippen molar-refractivity contribution in [3.63, 3.8) is 0 Å².